The van der Waals surface area contributed by atoms with Crippen molar-refractivity contribution in [3.63, 3.8) is 0 Å². The lowest BCUT2D eigenvalue weighted by molar-refractivity contribution is -0.125. The minimum Gasteiger partial charge on any atom is -0.329 e. The molecule has 0 aliphatic carbocycles. The van der Waals surface area contributed by atoms with Gasteiger partial charge in [0.15, 0.2) is 0 Å². The average molecular weight is 437 g/mol. The van der Waals surface area contributed by atoms with E-state index in [1.165, 1.54) is 0 Å². The average Bonchev–Trinajstić information content (AvgIpc) is 2.98. The van der Waals surface area contributed by atoms with Gasteiger partial charge in [-0.05, 0) is 54.7 Å². The SMILES string of the molecule is C=C1CCC(N2C(=O)c3ccc(CCC(=O)Cc4ccc(Cl)cc4)cc3C2=O)C(=O)N1. The summed E-state index contributed by atoms with van der Waals surface area (Å²) in [5, 5.41) is 3.24. The van der Waals surface area contributed by atoms with Crippen LogP contribution in [0.25, 0.3) is 0 Å². The molecule has 1 atom stereocenters. The molecule has 7 heteroatoms. The van der Waals surface area contributed by atoms with Gasteiger partial charge in [0.1, 0.15) is 11.8 Å². The van der Waals surface area contributed by atoms with Crippen molar-refractivity contribution < 1.29 is 19.2 Å². The maximum absolute atomic E-state index is 12.9. The number of aryl methyl sites for hydroxylation is 1. The van der Waals surface area contributed by atoms with Crippen molar-refractivity contribution in [2.75, 3.05) is 0 Å². The number of rotatable bonds is 6. The van der Waals surface area contributed by atoms with Crippen LogP contribution >= 0.6 is 11.6 Å². The van der Waals surface area contributed by atoms with Crippen LogP contribution in [-0.2, 0) is 22.4 Å². The van der Waals surface area contributed by atoms with Gasteiger partial charge in [0.05, 0.1) is 11.1 Å². The third-order valence-corrected chi connectivity index (χ3v) is 5.88. The molecule has 0 saturated carbocycles. The van der Waals surface area contributed by atoms with Gasteiger partial charge in [0.25, 0.3) is 11.8 Å². The number of nitrogens with one attached hydrogen (secondary N) is 1. The molecule has 0 radical (unpaired) electrons. The van der Waals surface area contributed by atoms with Crippen LogP contribution in [0.5, 0.6) is 0 Å². The maximum Gasteiger partial charge on any atom is 0.262 e. The van der Waals surface area contributed by atoms with E-state index >= 15 is 0 Å². The first-order chi connectivity index (χ1) is 14.8. The Morgan fingerprint density at radius 2 is 1.71 bits per heavy atom. The number of fused-ring (bicyclic) bond motifs is 1. The molecule has 2 aromatic carbocycles. The molecule has 2 aliphatic heterocycles. The van der Waals surface area contributed by atoms with Crippen molar-refractivity contribution in [2.45, 2.75) is 38.1 Å². The molecule has 4 rings (SSSR count). The minimum absolute atomic E-state index is 0.0750. The van der Waals surface area contributed by atoms with Gasteiger partial charge in [-0.3, -0.25) is 24.1 Å². The predicted molar refractivity (Wildman–Crippen MR) is 116 cm³/mol. The zero-order valence-electron chi connectivity index (χ0n) is 16.8. The van der Waals surface area contributed by atoms with Crippen LogP contribution in [0.2, 0.25) is 5.02 Å². The van der Waals surface area contributed by atoms with Crippen molar-refractivity contribution in [1.29, 1.82) is 0 Å². The Labute approximate surface area is 184 Å². The third kappa shape index (κ3) is 4.30. The van der Waals surface area contributed by atoms with Crippen LogP contribution in [0.3, 0.4) is 0 Å². The summed E-state index contributed by atoms with van der Waals surface area (Å²) in [6.45, 7) is 3.73. The summed E-state index contributed by atoms with van der Waals surface area (Å²) in [5.74, 6) is -1.25. The van der Waals surface area contributed by atoms with E-state index in [9.17, 15) is 19.2 Å². The standard InChI is InChI=1S/C24H21ClN2O4/c1-14-2-11-21(22(29)26-14)27-23(30)19-10-6-16(13-20(19)24(27)31)5-9-18(28)12-15-3-7-17(25)8-4-15/h3-4,6-8,10,13,21H,1-2,5,9,11-12H2,(H,26,29). The van der Waals surface area contributed by atoms with Gasteiger partial charge in [-0.25, -0.2) is 0 Å². The van der Waals surface area contributed by atoms with E-state index in [2.05, 4.69) is 11.9 Å². The molecule has 0 bridgehead atoms. The number of Topliss-reactive ketones (excluding diaryl/α,β-unsaturated/α-hetero) is 1. The second-order valence-corrected chi connectivity index (χ2v) is 8.29. The lowest BCUT2D eigenvalue weighted by atomic mass is 9.99. The van der Waals surface area contributed by atoms with E-state index in [1.54, 1.807) is 30.3 Å². The number of ketones is 1. The molecule has 158 valence electrons. The summed E-state index contributed by atoms with van der Waals surface area (Å²) in [7, 11) is 0. The fourth-order valence-corrected chi connectivity index (χ4v) is 4.08. The Morgan fingerprint density at radius 3 is 2.42 bits per heavy atom. The fraction of sp³-hybridized carbons (Fsp3) is 0.250. The van der Waals surface area contributed by atoms with Crippen molar-refractivity contribution in [2.24, 2.45) is 0 Å². The van der Waals surface area contributed by atoms with Crippen LogP contribution < -0.4 is 5.32 Å². The molecule has 0 spiro atoms. The number of nitrogens with zero attached hydrogens (tertiary/aromatic N) is 1. The Morgan fingerprint density at radius 1 is 1.03 bits per heavy atom. The van der Waals surface area contributed by atoms with Gasteiger partial charge < -0.3 is 5.32 Å². The number of hydrogen-bond acceptors (Lipinski definition) is 4. The molecule has 3 amide bonds. The van der Waals surface area contributed by atoms with Crippen LogP contribution in [0.1, 0.15) is 51.1 Å². The van der Waals surface area contributed by atoms with Gasteiger partial charge in [-0.2, -0.15) is 0 Å². The van der Waals surface area contributed by atoms with E-state index < -0.39 is 23.8 Å². The molecule has 1 saturated heterocycles. The number of hydrogen-bond donors (Lipinski definition) is 1. The van der Waals surface area contributed by atoms with Crippen molar-refractivity contribution >= 4 is 35.1 Å². The van der Waals surface area contributed by atoms with Crippen molar-refractivity contribution in [3.8, 4) is 0 Å². The summed E-state index contributed by atoms with van der Waals surface area (Å²) in [6, 6.07) is 11.3. The number of imide groups is 1. The highest BCUT2D eigenvalue weighted by molar-refractivity contribution is 6.30. The van der Waals surface area contributed by atoms with Crippen LogP contribution in [0.4, 0.5) is 0 Å². The maximum atomic E-state index is 12.9. The molecule has 2 heterocycles. The Balaban J connectivity index is 1.43. The zero-order chi connectivity index (χ0) is 22.1. The molecule has 2 aromatic rings. The minimum atomic E-state index is -0.831. The highest BCUT2D eigenvalue weighted by atomic mass is 35.5. The number of benzene rings is 2. The van der Waals surface area contributed by atoms with Gasteiger partial charge in [-0.15, -0.1) is 0 Å². The quantitative estimate of drug-likeness (QED) is 0.703. The molecule has 1 N–H and O–H groups in total. The Bertz CT molecular complexity index is 1110. The Hall–Kier alpha value is -3.25. The molecule has 1 unspecified atom stereocenters. The molecule has 31 heavy (non-hydrogen) atoms. The van der Waals surface area contributed by atoms with Gasteiger partial charge in [-0.1, -0.05) is 36.4 Å². The summed E-state index contributed by atoms with van der Waals surface area (Å²) < 4.78 is 0. The second-order valence-electron chi connectivity index (χ2n) is 7.85. The molecule has 1 fully saturated rings. The fourth-order valence-electron chi connectivity index (χ4n) is 3.96. The zero-order valence-corrected chi connectivity index (χ0v) is 17.6. The van der Waals surface area contributed by atoms with E-state index in [-0.39, 0.29) is 11.3 Å². The molecular weight excluding hydrogens is 416 g/mol. The van der Waals surface area contributed by atoms with Gasteiger partial charge in [0, 0.05) is 23.6 Å². The number of carbonyl (C=O) groups is 4. The molecular formula is C24H21ClN2O4. The highest BCUT2D eigenvalue weighted by Crippen LogP contribution is 2.29. The van der Waals surface area contributed by atoms with Crippen LogP contribution in [-0.4, -0.2) is 34.4 Å². The van der Waals surface area contributed by atoms with E-state index in [0.29, 0.717) is 48.4 Å². The first-order valence-corrected chi connectivity index (χ1v) is 10.5. The number of piperidine rings is 1. The monoisotopic (exact) mass is 436 g/mol. The lowest BCUT2D eigenvalue weighted by Crippen LogP contribution is -2.51. The topological polar surface area (TPSA) is 83.6 Å². The first kappa shape index (κ1) is 21.0. The van der Waals surface area contributed by atoms with Gasteiger partial charge >= 0.3 is 0 Å². The Kier molecular flexibility index (Phi) is 5.74. The smallest absolute Gasteiger partial charge is 0.262 e. The first-order valence-electron chi connectivity index (χ1n) is 10.1. The summed E-state index contributed by atoms with van der Waals surface area (Å²) in [4.78, 5) is 51.4. The number of halogens is 1. The van der Waals surface area contributed by atoms with Gasteiger partial charge in [0.2, 0.25) is 5.91 Å². The van der Waals surface area contributed by atoms with Crippen LogP contribution in [0, 0.1) is 0 Å². The van der Waals surface area contributed by atoms with Crippen LogP contribution in [0.15, 0.2) is 54.7 Å². The molecule has 0 aromatic heterocycles. The van der Waals surface area contributed by atoms with E-state index in [0.717, 1.165) is 16.0 Å². The summed E-state index contributed by atoms with van der Waals surface area (Å²) in [6.07, 6.45) is 1.98. The van der Waals surface area contributed by atoms with Crippen molar-refractivity contribution in [3.05, 3.63) is 82.0 Å². The molecule has 2 aliphatic rings. The summed E-state index contributed by atoms with van der Waals surface area (Å²) >= 11 is 5.87. The normalized spacial score (nSPS) is 18.2. The summed E-state index contributed by atoms with van der Waals surface area (Å²) in [5.41, 5.74) is 2.85. The second kappa shape index (κ2) is 8.47. The largest absolute Gasteiger partial charge is 0.329 e. The predicted octanol–water partition coefficient (Wildman–Crippen LogP) is 3.47. The number of allylic oxidation sites excluding steroid dienone is 1. The molecule has 6 nitrogen and oxygen atoms in total. The van der Waals surface area contributed by atoms with E-state index in [4.69, 9.17) is 11.6 Å². The number of carbonyl (C=O) groups excluding carboxylic acids is 4. The van der Waals surface area contributed by atoms with Crippen molar-refractivity contribution in [1.82, 2.24) is 10.2 Å². The highest BCUT2D eigenvalue weighted by Gasteiger charge is 2.43. The number of amides is 3. The lowest BCUT2D eigenvalue weighted by Gasteiger charge is -2.29. The van der Waals surface area contributed by atoms with E-state index in [1.807, 2.05) is 12.1 Å². The third-order valence-electron chi connectivity index (χ3n) is 5.62.